The van der Waals surface area contributed by atoms with Gasteiger partial charge in [-0.1, -0.05) is 17.7 Å². The van der Waals surface area contributed by atoms with Crippen LogP contribution in [0.4, 0.5) is 5.69 Å². The predicted octanol–water partition coefficient (Wildman–Crippen LogP) is 3.17. The molecule has 8 nitrogen and oxygen atoms in total. The molecule has 0 saturated carbocycles. The molecule has 0 spiro atoms. The number of hydrogen-bond donors (Lipinski definition) is 2. The number of rotatable bonds is 9. The molecule has 0 fully saturated rings. The maximum atomic E-state index is 13.3. The molecule has 1 amide bonds. The fourth-order valence-corrected chi connectivity index (χ4v) is 4.37. The highest BCUT2D eigenvalue weighted by molar-refractivity contribution is 7.91. The summed E-state index contributed by atoms with van der Waals surface area (Å²) in [6, 6.07) is 13.0. The second-order valence-electron chi connectivity index (χ2n) is 6.73. The highest BCUT2D eigenvalue weighted by Crippen LogP contribution is 2.39. The van der Waals surface area contributed by atoms with E-state index in [0.717, 1.165) is 5.56 Å². The molecule has 2 aromatic carbocycles. The Kier molecular flexibility index (Phi) is 6.86. The van der Waals surface area contributed by atoms with Crippen molar-refractivity contribution in [2.24, 2.45) is 0 Å². The van der Waals surface area contributed by atoms with Crippen LogP contribution in [-0.4, -0.2) is 35.1 Å². The van der Waals surface area contributed by atoms with Gasteiger partial charge in [0.2, 0.25) is 15.7 Å². The van der Waals surface area contributed by atoms with Crippen LogP contribution in [-0.2, 0) is 21.2 Å². The Morgan fingerprint density at radius 2 is 1.81 bits per heavy atom. The van der Waals surface area contributed by atoms with Crippen LogP contribution in [0, 0.1) is 6.92 Å². The van der Waals surface area contributed by atoms with Crippen LogP contribution in [0.15, 0.2) is 69.0 Å². The number of furan rings is 1. The Labute approximate surface area is 181 Å². The first kappa shape index (κ1) is 22.2. The van der Waals surface area contributed by atoms with Crippen molar-refractivity contribution in [1.82, 2.24) is 5.32 Å². The minimum absolute atomic E-state index is 0.0586. The number of methoxy groups -OCH3 is 2. The number of hydrogen-bond acceptors (Lipinski definition) is 7. The van der Waals surface area contributed by atoms with Crippen LogP contribution in [0.5, 0.6) is 11.5 Å². The lowest BCUT2D eigenvalue weighted by Gasteiger charge is -2.17. The van der Waals surface area contributed by atoms with Gasteiger partial charge < -0.3 is 24.5 Å². The number of nitrogens with one attached hydrogen (secondary N) is 2. The Bertz CT molecular complexity index is 1140. The van der Waals surface area contributed by atoms with Crippen LogP contribution in [0.2, 0.25) is 0 Å². The van der Waals surface area contributed by atoms with E-state index in [9.17, 15) is 13.2 Å². The van der Waals surface area contributed by atoms with Crippen LogP contribution in [0.25, 0.3) is 0 Å². The van der Waals surface area contributed by atoms with E-state index in [0.29, 0.717) is 17.2 Å². The van der Waals surface area contributed by atoms with E-state index >= 15 is 0 Å². The molecule has 0 radical (unpaired) electrons. The first-order valence-electron chi connectivity index (χ1n) is 9.46. The normalized spacial score (nSPS) is 11.1. The third kappa shape index (κ3) is 5.18. The van der Waals surface area contributed by atoms with Gasteiger partial charge in [0.1, 0.15) is 16.4 Å². The predicted molar refractivity (Wildman–Crippen MR) is 115 cm³/mol. The zero-order valence-electron chi connectivity index (χ0n) is 17.5. The van der Waals surface area contributed by atoms with Gasteiger partial charge in [-0.2, -0.15) is 0 Å². The summed E-state index contributed by atoms with van der Waals surface area (Å²) in [5, 5.41) is 5.64. The summed E-state index contributed by atoms with van der Waals surface area (Å²) in [6.45, 7) is 2.02. The van der Waals surface area contributed by atoms with Crippen LogP contribution >= 0.6 is 0 Å². The van der Waals surface area contributed by atoms with Gasteiger partial charge in [0.05, 0.1) is 44.2 Å². The molecule has 0 aliphatic heterocycles. The van der Waals surface area contributed by atoms with Gasteiger partial charge in [-0.25, -0.2) is 8.42 Å². The molecule has 164 valence electrons. The molecule has 1 heterocycles. The van der Waals surface area contributed by atoms with E-state index in [4.69, 9.17) is 13.9 Å². The minimum Gasteiger partial charge on any atom is -0.497 e. The number of benzene rings is 2. The summed E-state index contributed by atoms with van der Waals surface area (Å²) >= 11 is 0. The third-order valence-electron chi connectivity index (χ3n) is 4.57. The van der Waals surface area contributed by atoms with Gasteiger partial charge in [-0.05, 0) is 31.2 Å². The van der Waals surface area contributed by atoms with Crippen LogP contribution in [0.3, 0.4) is 0 Å². The van der Waals surface area contributed by atoms with E-state index < -0.39 is 9.84 Å². The summed E-state index contributed by atoms with van der Waals surface area (Å²) < 4.78 is 42.4. The number of carbonyl (C=O) groups is 1. The monoisotopic (exact) mass is 444 g/mol. The van der Waals surface area contributed by atoms with E-state index in [1.54, 1.807) is 42.5 Å². The fraction of sp³-hybridized carbons (Fsp3) is 0.227. The molecule has 3 rings (SSSR count). The van der Waals surface area contributed by atoms with Gasteiger partial charge in [-0.15, -0.1) is 0 Å². The first-order valence-corrected chi connectivity index (χ1v) is 10.9. The molecule has 0 aliphatic carbocycles. The lowest BCUT2D eigenvalue weighted by atomic mass is 10.2. The Morgan fingerprint density at radius 3 is 2.42 bits per heavy atom. The largest absolute Gasteiger partial charge is 0.497 e. The molecule has 3 aromatic rings. The number of amides is 1. The highest BCUT2D eigenvalue weighted by atomic mass is 32.2. The van der Waals surface area contributed by atoms with E-state index in [2.05, 4.69) is 10.6 Å². The van der Waals surface area contributed by atoms with Crippen molar-refractivity contribution in [3.8, 4) is 11.5 Å². The molecule has 1 aromatic heterocycles. The molecular weight excluding hydrogens is 420 g/mol. The summed E-state index contributed by atoms with van der Waals surface area (Å²) in [6.07, 6.45) is 1.52. The number of carbonyl (C=O) groups excluding carboxylic acids is 1. The van der Waals surface area contributed by atoms with Gasteiger partial charge >= 0.3 is 0 Å². The summed E-state index contributed by atoms with van der Waals surface area (Å²) in [4.78, 5) is 12.3. The van der Waals surface area contributed by atoms with E-state index in [-0.39, 0.29) is 34.5 Å². The van der Waals surface area contributed by atoms with Gasteiger partial charge in [0, 0.05) is 12.1 Å². The number of ether oxygens (including phenoxy) is 2. The molecular formula is C22H24N2O6S. The maximum absolute atomic E-state index is 13.3. The van der Waals surface area contributed by atoms with Crippen molar-refractivity contribution in [3.05, 3.63) is 66.1 Å². The summed E-state index contributed by atoms with van der Waals surface area (Å²) in [5.74, 6) is 0.730. The van der Waals surface area contributed by atoms with Crippen molar-refractivity contribution >= 4 is 21.4 Å². The number of anilines is 1. The highest BCUT2D eigenvalue weighted by Gasteiger charge is 2.26. The van der Waals surface area contributed by atoms with E-state index in [1.165, 1.54) is 26.5 Å². The summed E-state index contributed by atoms with van der Waals surface area (Å²) in [5.41, 5.74) is 1.26. The Balaban J connectivity index is 1.87. The molecule has 2 N–H and O–H groups in total. The van der Waals surface area contributed by atoms with Gasteiger partial charge in [0.25, 0.3) is 0 Å². The van der Waals surface area contributed by atoms with E-state index in [1.807, 2.05) is 6.92 Å². The Morgan fingerprint density at radius 1 is 1.06 bits per heavy atom. The van der Waals surface area contributed by atoms with Crippen LogP contribution < -0.4 is 20.1 Å². The average molecular weight is 445 g/mol. The molecule has 0 aliphatic rings. The van der Waals surface area contributed by atoms with Crippen molar-refractivity contribution in [3.63, 3.8) is 0 Å². The standard InChI is InChI=1S/C22H24N2O6S/c1-15-6-8-18(9-7-15)31(26,27)20-12-17(28-2)11-19(22(20)29-3)23-14-21(25)24-13-16-5-4-10-30-16/h4-12,23H,13-14H2,1-3H3,(H,24,25). The van der Waals surface area contributed by atoms with Crippen molar-refractivity contribution in [2.75, 3.05) is 26.1 Å². The third-order valence-corrected chi connectivity index (χ3v) is 6.34. The van der Waals surface area contributed by atoms with Gasteiger partial charge in [-0.3, -0.25) is 4.79 Å². The first-order chi connectivity index (χ1) is 14.8. The lowest BCUT2D eigenvalue weighted by Crippen LogP contribution is -2.29. The average Bonchev–Trinajstić information content (AvgIpc) is 3.29. The van der Waals surface area contributed by atoms with Crippen molar-refractivity contribution in [2.45, 2.75) is 23.3 Å². The second kappa shape index (κ2) is 9.57. The topological polar surface area (TPSA) is 107 Å². The molecule has 0 unspecified atom stereocenters. The quantitative estimate of drug-likeness (QED) is 0.522. The fourth-order valence-electron chi connectivity index (χ4n) is 2.92. The Hall–Kier alpha value is -3.46. The SMILES string of the molecule is COc1cc(NCC(=O)NCc2ccco2)c(OC)c(S(=O)(=O)c2ccc(C)cc2)c1. The van der Waals surface area contributed by atoms with Gasteiger partial charge in [0.15, 0.2) is 5.75 Å². The molecule has 9 heteroatoms. The number of aryl methyl sites for hydroxylation is 1. The lowest BCUT2D eigenvalue weighted by molar-refractivity contribution is -0.119. The molecule has 0 atom stereocenters. The maximum Gasteiger partial charge on any atom is 0.239 e. The van der Waals surface area contributed by atoms with Crippen molar-refractivity contribution in [1.29, 1.82) is 0 Å². The smallest absolute Gasteiger partial charge is 0.239 e. The zero-order valence-corrected chi connectivity index (χ0v) is 18.3. The molecule has 0 saturated heterocycles. The molecule has 31 heavy (non-hydrogen) atoms. The number of sulfone groups is 1. The summed E-state index contributed by atoms with van der Waals surface area (Å²) in [7, 11) is -1.08. The second-order valence-corrected chi connectivity index (χ2v) is 8.65. The minimum atomic E-state index is -3.89. The molecule has 0 bridgehead atoms. The van der Waals surface area contributed by atoms with Crippen molar-refractivity contribution < 1.29 is 27.1 Å². The zero-order chi connectivity index (χ0) is 22.4. The van der Waals surface area contributed by atoms with Crippen LogP contribution in [0.1, 0.15) is 11.3 Å².